The maximum atomic E-state index is 14.4. The van der Waals surface area contributed by atoms with Crippen LogP contribution >= 0.6 is 0 Å². The van der Waals surface area contributed by atoms with Gasteiger partial charge >= 0.3 is 0 Å². The Hall–Kier alpha value is -1.85. The summed E-state index contributed by atoms with van der Waals surface area (Å²) in [6.45, 7) is 2.10. The summed E-state index contributed by atoms with van der Waals surface area (Å²) >= 11 is 0. The first-order valence-corrected chi connectivity index (χ1v) is 8.21. The van der Waals surface area contributed by atoms with Gasteiger partial charge in [-0.1, -0.05) is 12.1 Å². The van der Waals surface area contributed by atoms with Crippen LogP contribution in [0.25, 0.3) is 0 Å². The molecule has 1 aliphatic carbocycles. The molecule has 0 amide bonds. The molecule has 4 nitrogen and oxygen atoms in total. The SMILES string of the molecule is Fc1cc(Cc2ncc(C3CC3)cn2)ccc1[C@H]1CNCCO1. The summed E-state index contributed by atoms with van der Waals surface area (Å²) in [5.41, 5.74) is 2.72. The molecule has 2 aromatic rings. The van der Waals surface area contributed by atoms with E-state index < -0.39 is 0 Å². The smallest absolute Gasteiger partial charge is 0.132 e. The van der Waals surface area contributed by atoms with Crippen molar-refractivity contribution in [1.29, 1.82) is 0 Å². The minimum atomic E-state index is -0.217. The quantitative estimate of drug-likeness (QED) is 0.943. The number of hydrogen-bond donors (Lipinski definition) is 1. The predicted octanol–water partition coefficient (Wildman–Crippen LogP) is 2.74. The van der Waals surface area contributed by atoms with Crippen molar-refractivity contribution in [1.82, 2.24) is 15.3 Å². The molecule has 2 aliphatic rings. The van der Waals surface area contributed by atoms with Gasteiger partial charge in [-0.2, -0.15) is 0 Å². The van der Waals surface area contributed by atoms with Crippen LogP contribution in [0.3, 0.4) is 0 Å². The Morgan fingerprint density at radius 2 is 2.04 bits per heavy atom. The molecule has 1 saturated carbocycles. The van der Waals surface area contributed by atoms with Gasteiger partial charge < -0.3 is 10.1 Å². The van der Waals surface area contributed by atoms with Crippen molar-refractivity contribution in [2.75, 3.05) is 19.7 Å². The third-order valence-corrected chi connectivity index (χ3v) is 4.48. The molecule has 2 heterocycles. The van der Waals surface area contributed by atoms with Crippen LogP contribution < -0.4 is 5.32 Å². The Balaban J connectivity index is 1.47. The van der Waals surface area contributed by atoms with Crippen LogP contribution in [0.5, 0.6) is 0 Å². The lowest BCUT2D eigenvalue weighted by atomic mass is 10.0. The molecule has 0 spiro atoms. The van der Waals surface area contributed by atoms with Gasteiger partial charge in [0, 0.05) is 37.5 Å². The lowest BCUT2D eigenvalue weighted by Gasteiger charge is -2.24. The van der Waals surface area contributed by atoms with Gasteiger partial charge in [0.05, 0.1) is 12.7 Å². The van der Waals surface area contributed by atoms with E-state index in [9.17, 15) is 4.39 Å². The predicted molar refractivity (Wildman–Crippen MR) is 84.8 cm³/mol. The van der Waals surface area contributed by atoms with Crippen LogP contribution in [-0.4, -0.2) is 29.7 Å². The van der Waals surface area contributed by atoms with E-state index in [4.69, 9.17) is 4.74 Å². The molecule has 5 heteroatoms. The maximum Gasteiger partial charge on any atom is 0.132 e. The highest BCUT2D eigenvalue weighted by atomic mass is 19.1. The number of morpholine rings is 1. The zero-order valence-electron chi connectivity index (χ0n) is 13.0. The molecule has 1 N–H and O–H groups in total. The molecule has 23 heavy (non-hydrogen) atoms. The van der Waals surface area contributed by atoms with Gasteiger partial charge in [-0.25, -0.2) is 14.4 Å². The van der Waals surface area contributed by atoms with Crippen LogP contribution in [0.2, 0.25) is 0 Å². The van der Waals surface area contributed by atoms with E-state index in [0.29, 0.717) is 31.1 Å². The zero-order valence-corrected chi connectivity index (χ0v) is 13.0. The largest absolute Gasteiger partial charge is 0.371 e. The first kappa shape index (κ1) is 14.7. The molecule has 1 saturated heterocycles. The summed E-state index contributed by atoms with van der Waals surface area (Å²) in [7, 11) is 0. The van der Waals surface area contributed by atoms with Crippen LogP contribution in [-0.2, 0) is 11.2 Å². The number of rotatable bonds is 4. The Labute approximate surface area is 135 Å². The normalized spacial score (nSPS) is 21.3. The second-order valence-corrected chi connectivity index (χ2v) is 6.30. The third-order valence-electron chi connectivity index (χ3n) is 4.48. The maximum absolute atomic E-state index is 14.4. The van der Waals surface area contributed by atoms with E-state index in [2.05, 4.69) is 15.3 Å². The number of hydrogen-bond acceptors (Lipinski definition) is 4. The number of nitrogens with one attached hydrogen (secondary N) is 1. The molecule has 1 aliphatic heterocycles. The number of aromatic nitrogens is 2. The Kier molecular flexibility index (Phi) is 4.06. The van der Waals surface area contributed by atoms with E-state index in [1.165, 1.54) is 18.4 Å². The average molecular weight is 313 g/mol. The molecule has 2 fully saturated rings. The highest BCUT2D eigenvalue weighted by Crippen LogP contribution is 2.39. The summed E-state index contributed by atoms with van der Waals surface area (Å²) in [6, 6.07) is 5.33. The van der Waals surface area contributed by atoms with Gasteiger partial charge in [-0.05, 0) is 36.0 Å². The number of halogens is 1. The Morgan fingerprint density at radius 3 is 2.70 bits per heavy atom. The second kappa shape index (κ2) is 6.34. The van der Waals surface area contributed by atoms with Crippen molar-refractivity contribution < 1.29 is 9.13 Å². The lowest BCUT2D eigenvalue weighted by Crippen LogP contribution is -2.33. The molecule has 0 bridgehead atoms. The van der Waals surface area contributed by atoms with Gasteiger partial charge in [0.25, 0.3) is 0 Å². The molecule has 4 rings (SSSR count). The van der Waals surface area contributed by atoms with Gasteiger partial charge in [0.2, 0.25) is 0 Å². The summed E-state index contributed by atoms with van der Waals surface area (Å²) < 4.78 is 20.0. The van der Waals surface area contributed by atoms with Gasteiger partial charge in [0.15, 0.2) is 0 Å². The van der Waals surface area contributed by atoms with Crippen LogP contribution in [0.1, 0.15) is 47.4 Å². The van der Waals surface area contributed by atoms with Crippen LogP contribution in [0, 0.1) is 5.82 Å². The van der Waals surface area contributed by atoms with Crippen molar-refractivity contribution in [3.05, 3.63) is 58.9 Å². The lowest BCUT2D eigenvalue weighted by molar-refractivity contribution is 0.0255. The number of benzene rings is 1. The topological polar surface area (TPSA) is 47.0 Å². The number of nitrogens with zero attached hydrogens (tertiary/aromatic N) is 2. The summed E-state index contributed by atoms with van der Waals surface area (Å²) in [6.07, 6.45) is 6.65. The van der Waals surface area contributed by atoms with Crippen molar-refractivity contribution >= 4 is 0 Å². The Bertz CT molecular complexity index is 679. The average Bonchev–Trinajstić information content (AvgIpc) is 3.42. The zero-order chi connectivity index (χ0) is 15.6. The molecular formula is C18H20FN3O. The second-order valence-electron chi connectivity index (χ2n) is 6.30. The molecule has 1 aromatic carbocycles. The summed E-state index contributed by atoms with van der Waals surface area (Å²) in [4.78, 5) is 8.82. The van der Waals surface area contributed by atoms with Crippen LogP contribution in [0.15, 0.2) is 30.6 Å². The molecule has 1 aromatic heterocycles. The fourth-order valence-electron chi connectivity index (χ4n) is 2.97. The van der Waals surface area contributed by atoms with Crippen molar-refractivity contribution in [3.63, 3.8) is 0 Å². The highest BCUT2D eigenvalue weighted by molar-refractivity contribution is 5.29. The van der Waals surface area contributed by atoms with E-state index in [1.807, 2.05) is 24.5 Å². The van der Waals surface area contributed by atoms with Gasteiger partial charge in [-0.3, -0.25) is 0 Å². The van der Waals surface area contributed by atoms with Gasteiger partial charge in [0.1, 0.15) is 11.6 Å². The molecule has 0 unspecified atom stereocenters. The third kappa shape index (κ3) is 3.41. The van der Waals surface area contributed by atoms with Crippen molar-refractivity contribution in [2.45, 2.75) is 31.3 Å². The van der Waals surface area contributed by atoms with Crippen molar-refractivity contribution in [2.24, 2.45) is 0 Å². The van der Waals surface area contributed by atoms with Gasteiger partial charge in [-0.15, -0.1) is 0 Å². The molecule has 1 atom stereocenters. The highest BCUT2D eigenvalue weighted by Gasteiger charge is 2.24. The van der Waals surface area contributed by atoms with E-state index >= 15 is 0 Å². The molecule has 0 radical (unpaired) electrons. The molecular weight excluding hydrogens is 293 g/mol. The summed E-state index contributed by atoms with van der Waals surface area (Å²) in [5.74, 6) is 1.17. The van der Waals surface area contributed by atoms with Crippen molar-refractivity contribution in [3.8, 4) is 0 Å². The minimum Gasteiger partial charge on any atom is -0.371 e. The van der Waals surface area contributed by atoms with E-state index in [0.717, 1.165) is 17.9 Å². The van der Waals surface area contributed by atoms with E-state index in [1.54, 1.807) is 6.07 Å². The van der Waals surface area contributed by atoms with Crippen LogP contribution in [0.4, 0.5) is 4.39 Å². The standard InChI is InChI=1S/C18H20FN3O/c19-16-7-12(1-4-15(16)17-11-20-5-6-23-17)8-18-21-9-14(10-22-18)13-2-3-13/h1,4,7,9-10,13,17,20H,2-3,5-6,8,11H2/t17-/m1/s1. The first-order valence-electron chi connectivity index (χ1n) is 8.21. The minimum absolute atomic E-state index is 0.202. The fourth-order valence-corrected chi connectivity index (χ4v) is 2.97. The first-order chi connectivity index (χ1) is 11.3. The monoisotopic (exact) mass is 313 g/mol. The summed E-state index contributed by atoms with van der Waals surface area (Å²) in [5, 5.41) is 3.22. The van der Waals surface area contributed by atoms with E-state index in [-0.39, 0.29) is 11.9 Å². The molecule has 120 valence electrons. The Morgan fingerprint density at radius 1 is 1.22 bits per heavy atom. The fraction of sp³-hybridized carbons (Fsp3) is 0.444. The number of ether oxygens (including phenoxy) is 1.